The molecule has 0 bridgehead atoms. The lowest BCUT2D eigenvalue weighted by atomic mass is 10.3. The molecule has 0 spiro atoms. The summed E-state index contributed by atoms with van der Waals surface area (Å²) < 4.78 is 2.33. The zero-order valence-electron chi connectivity index (χ0n) is 10.4. The first kappa shape index (κ1) is 12.3. The Kier molecular flexibility index (Phi) is 3.94. The summed E-state index contributed by atoms with van der Waals surface area (Å²) in [6.45, 7) is 3.21. The standard InChI is InChI=1S/C13H19N3S/c1-3-4-13-15-11-9-10(14)5-6-12(11)16(13)7-8-17-2/h5-6,9H,3-4,7-8,14H2,1-2H3. The number of aryl methyl sites for hydroxylation is 2. The van der Waals surface area contributed by atoms with Gasteiger partial charge in [0.2, 0.25) is 0 Å². The van der Waals surface area contributed by atoms with Crippen molar-refractivity contribution in [1.82, 2.24) is 9.55 Å². The van der Waals surface area contributed by atoms with Crippen LogP contribution in [0.3, 0.4) is 0 Å². The quantitative estimate of drug-likeness (QED) is 0.829. The molecule has 0 unspecified atom stereocenters. The second-order valence-corrected chi connectivity index (χ2v) is 5.16. The number of aromatic nitrogens is 2. The predicted molar refractivity (Wildman–Crippen MR) is 76.5 cm³/mol. The smallest absolute Gasteiger partial charge is 0.109 e. The lowest BCUT2D eigenvalue weighted by Gasteiger charge is -2.07. The molecule has 0 saturated carbocycles. The van der Waals surface area contributed by atoms with E-state index in [1.807, 2.05) is 23.9 Å². The summed E-state index contributed by atoms with van der Waals surface area (Å²) in [5.41, 5.74) is 8.82. The highest BCUT2D eigenvalue weighted by atomic mass is 32.2. The minimum Gasteiger partial charge on any atom is -0.399 e. The third kappa shape index (κ3) is 2.57. The molecule has 0 atom stereocenters. The molecule has 0 aliphatic carbocycles. The first-order valence-corrected chi connectivity index (χ1v) is 7.39. The Morgan fingerprint density at radius 2 is 2.24 bits per heavy atom. The van der Waals surface area contributed by atoms with Gasteiger partial charge >= 0.3 is 0 Å². The number of nitrogens with zero attached hydrogens (tertiary/aromatic N) is 2. The summed E-state index contributed by atoms with van der Waals surface area (Å²) in [4.78, 5) is 4.69. The molecule has 0 aliphatic rings. The molecule has 1 aromatic carbocycles. The van der Waals surface area contributed by atoms with Crippen molar-refractivity contribution < 1.29 is 0 Å². The van der Waals surface area contributed by atoms with Crippen molar-refractivity contribution >= 4 is 28.5 Å². The van der Waals surface area contributed by atoms with Gasteiger partial charge in [0.15, 0.2) is 0 Å². The SMILES string of the molecule is CCCc1nc2cc(N)ccc2n1CCSC. The molecule has 1 heterocycles. The molecule has 0 radical (unpaired) electrons. The Morgan fingerprint density at radius 1 is 1.41 bits per heavy atom. The van der Waals surface area contributed by atoms with Gasteiger partial charge in [-0.1, -0.05) is 6.92 Å². The van der Waals surface area contributed by atoms with E-state index < -0.39 is 0 Å². The summed E-state index contributed by atoms with van der Waals surface area (Å²) in [7, 11) is 0. The van der Waals surface area contributed by atoms with Crippen molar-refractivity contribution in [3.05, 3.63) is 24.0 Å². The van der Waals surface area contributed by atoms with E-state index in [4.69, 9.17) is 5.73 Å². The maximum absolute atomic E-state index is 5.80. The number of anilines is 1. The lowest BCUT2D eigenvalue weighted by molar-refractivity contribution is 0.706. The summed E-state index contributed by atoms with van der Waals surface area (Å²) >= 11 is 1.87. The second kappa shape index (κ2) is 5.45. The molecule has 17 heavy (non-hydrogen) atoms. The number of nitrogen functional groups attached to an aromatic ring is 1. The predicted octanol–water partition coefficient (Wildman–Crippen LogP) is 2.93. The van der Waals surface area contributed by atoms with Crippen molar-refractivity contribution in [3.8, 4) is 0 Å². The van der Waals surface area contributed by atoms with Crippen LogP contribution in [-0.4, -0.2) is 21.6 Å². The normalized spacial score (nSPS) is 11.2. The lowest BCUT2D eigenvalue weighted by Crippen LogP contribution is -2.05. The molecule has 2 rings (SSSR count). The Hall–Kier alpha value is -1.16. The summed E-state index contributed by atoms with van der Waals surface area (Å²) in [6.07, 6.45) is 4.29. The van der Waals surface area contributed by atoms with E-state index >= 15 is 0 Å². The highest BCUT2D eigenvalue weighted by Crippen LogP contribution is 2.20. The fraction of sp³-hybridized carbons (Fsp3) is 0.462. The van der Waals surface area contributed by atoms with E-state index in [2.05, 4.69) is 28.8 Å². The van der Waals surface area contributed by atoms with Gasteiger partial charge in [0, 0.05) is 24.4 Å². The number of imidazole rings is 1. The second-order valence-electron chi connectivity index (χ2n) is 4.17. The van der Waals surface area contributed by atoms with Gasteiger partial charge < -0.3 is 10.3 Å². The number of hydrogen-bond acceptors (Lipinski definition) is 3. The van der Waals surface area contributed by atoms with E-state index in [0.29, 0.717) is 0 Å². The van der Waals surface area contributed by atoms with Crippen LogP contribution in [0.4, 0.5) is 5.69 Å². The van der Waals surface area contributed by atoms with E-state index in [-0.39, 0.29) is 0 Å². The highest BCUT2D eigenvalue weighted by molar-refractivity contribution is 7.98. The molecule has 92 valence electrons. The van der Waals surface area contributed by atoms with Crippen molar-refractivity contribution in [2.45, 2.75) is 26.3 Å². The Bertz CT molecular complexity index is 505. The van der Waals surface area contributed by atoms with Crippen LogP contribution in [0.2, 0.25) is 0 Å². The van der Waals surface area contributed by atoms with Crippen LogP contribution in [0.5, 0.6) is 0 Å². The third-order valence-corrected chi connectivity index (χ3v) is 3.43. The van der Waals surface area contributed by atoms with Gasteiger partial charge in [0.05, 0.1) is 11.0 Å². The van der Waals surface area contributed by atoms with E-state index in [1.54, 1.807) is 0 Å². The monoisotopic (exact) mass is 249 g/mol. The fourth-order valence-corrected chi connectivity index (χ4v) is 2.41. The maximum Gasteiger partial charge on any atom is 0.109 e. The van der Waals surface area contributed by atoms with Gasteiger partial charge in [-0.3, -0.25) is 0 Å². The topological polar surface area (TPSA) is 43.8 Å². The van der Waals surface area contributed by atoms with E-state index in [1.165, 1.54) is 11.3 Å². The van der Waals surface area contributed by atoms with Crippen molar-refractivity contribution in [3.63, 3.8) is 0 Å². The van der Waals surface area contributed by atoms with Crippen molar-refractivity contribution in [2.24, 2.45) is 0 Å². The molecule has 2 aromatic rings. The molecule has 4 heteroatoms. The first-order valence-electron chi connectivity index (χ1n) is 5.99. The van der Waals surface area contributed by atoms with Crippen LogP contribution < -0.4 is 5.73 Å². The van der Waals surface area contributed by atoms with Crippen molar-refractivity contribution in [1.29, 1.82) is 0 Å². The van der Waals surface area contributed by atoms with Gasteiger partial charge in [-0.05, 0) is 30.9 Å². The molecular formula is C13H19N3S. The van der Waals surface area contributed by atoms with Crippen LogP contribution in [0, 0.1) is 0 Å². The molecule has 1 aromatic heterocycles. The number of hydrogen-bond donors (Lipinski definition) is 1. The molecule has 2 N–H and O–H groups in total. The van der Waals surface area contributed by atoms with Crippen LogP contribution in [0.15, 0.2) is 18.2 Å². The average molecular weight is 249 g/mol. The van der Waals surface area contributed by atoms with Crippen LogP contribution in [-0.2, 0) is 13.0 Å². The van der Waals surface area contributed by atoms with Crippen LogP contribution in [0.25, 0.3) is 11.0 Å². The van der Waals surface area contributed by atoms with Gasteiger partial charge in [-0.15, -0.1) is 0 Å². The molecule has 0 amide bonds. The molecular weight excluding hydrogens is 230 g/mol. The summed E-state index contributed by atoms with van der Waals surface area (Å²) in [5.74, 6) is 2.30. The van der Waals surface area contributed by atoms with Crippen molar-refractivity contribution in [2.75, 3.05) is 17.7 Å². The minimum absolute atomic E-state index is 0.787. The fourth-order valence-electron chi connectivity index (χ4n) is 2.04. The molecule has 0 fully saturated rings. The Balaban J connectivity index is 2.46. The number of rotatable bonds is 5. The summed E-state index contributed by atoms with van der Waals surface area (Å²) in [5, 5.41) is 0. The number of thioether (sulfide) groups is 1. The van der Waals surface area contributed by atoms with E-state index in [9.17, 15) is 0 Å². The molecule has 3 nitrogen and oxygen atoms in total. The van der Waals surface area contributed by atoms with Gasteiger partial charge in [-0.25, -0.2) is 4.98 Å². The zero-order valence-corrected chi connectivity index (χ0v) is 11.3. The third-order valence-electron chi connectivity index (χ3n) is 2.84. The molecule has 0 aliphatic heterocycles. The van der Waals surface area contributed by atoms with E-state index in [0.717, 1.165) is 36.3 Å². The van der Waals surface area contributed by atoms with Crippen LogP contribution in [0.1, 0.15) is 19.2 Å². The minimum atomic E-state index is 0.787. The number of nitrogens with two attached hydrogens (primary N) is 1. The number of benzene rings is 1. The first-order chi connectivity index (χ1) is 8.26. The summed E-state index contributed by atoms with van der Waals surface area (Å²) in [6, 6.07) is 6.00. The maximum atomic E-state index is 5.80. The van der Waals surface area contributed by atoms with Gasteiger partial charge in [-0.2, -0.15) is 11.8 Å². The average Bonchev–Trinajstić information content (AvgIpc) is 2.63. The Morgan fingerprint density at radius 3 is 2.94 bits per heavy atom. The largest absolute Gasteiger partial charge is 0.399 e. The Labute approximate surface area is 106 Å². The van der Waals surface area contributed by atoms with Gasteiger partial charge in [0.25, 0.3) is 0 Å². The highest BCUT2D eigenvalue weighted by Gasteiger charge is 2.09. The molecule has 0 saturated heterocycles. The van der Waals surface area contributed by atoms with Crippen LogP contribution >= 0.6 is 11.8 Å². The number of fused-ring (bicyclic) bond motifs is 1. The van der Waals surface area contributed by atoms with Gasteiger partial charge in [0.1, 0.15) is 5.82 Å². The zero-order chi connectivity index (χ0) is 12.3.